The van der Waals surface area contributed by atoms with Crippen LogP contribution in [0.4, 0.5) is 0 Å². The van der Waals surface area contributed by atoms with Crippen LogP contribution in [0.5, 0.6) is 5.75 Å². The van der Waals surface area contributed by atoms with E-state index in [-0.39, 0.29) is 5.91 Å². The first-order valence-electron chi connectivity index (χ1n) is 12.1. The van der Waals surface area contributed by atoms with Gasteiger partial charge in [-0.1, -0.05) is 42.5 Å². The normalized spacial score (nSPS) is 11.0. The number of hydrogen-bond donors (Lipinski definition) is 1. The average Bonchev–Trinajstić information content (AvgIpc) is 3.22. The number of nitrogens with zero attached hydrogens (tertiary/aromatic N) is 2. The largest absolute Gasteiger partial charge is 0.493 e. The van der Waals surface area contributed by atoms with Crippen LogP contribution in [0, 0.1) is 13.8 Å². The van der Waals surface area contributed by atoms with Gasteiger partial charge in [0.2, 0.25) is 0 Å². The van der Waals surface area contributed by atoms with Gasteiger partial charge < -0.3 is 14.6 Å². The Morgan fingerprint density at radius 1 is 0.912 bits per heavy atom. The van der Waals surface area contributed by atoms with Crippen molar-refractivity contribution >= 4 is 16.9 Å². The summed E-state index contributed by atoms with van der Waals surface area (Å²) >= 11 is 0. The first-order valence-corrected chi connectivity index (χ1v) is 12.1. The van der Waals surface area contributed by atoms with Crippen LogP contribution in [0.25, 0.3) is 11.0 Å². The Labute approximate surface area is 201 Å². The Hall–Kier alpha value is -3.60. The third-order valence-electron chi connectivity index (χ3n) is 6.22. The Morgan fingerprint density at radius 3 is 2.56 bits per heavy atom. The van der Waals surface area contributed by atoms with Crippen LogP contribution >= 0.6 is 0 Å². The molecule has 4 rings (SSSR count). The molecule has 0 saturated carbocycles. The van der Waals surface area contributed by atoms with Gasteiger partial charge in [0.25, 0.3) is 5.91 Å². The topological polar surface area (TPSA) is 56.1 Å². The van der Waals surface area contributed by atoms with E-state index in [9.17, 15) is 4.79 Å². The summed E-state index contributed by atoms with van der Waals surface area (Å²) in [6.07, 6.45) is 3.66. The molecule has 3 aromatic carbocycles. The molecule has 0 aliphatic rings. The molecule has 1 aromatic heterocycles. The van der Waals surface area contributed by atoms with Crippen molar-refractivity contribution in [1.82, 2.24) is 14.9 Å². The lowest BCUT2D eigenvalue weighted by atomic mass is 10.1. The van der Waals surface area contributed by atoms with Crippen LogP contribution in [0.1, 0.15) is 46.6 Å². The fourth-order valence-electron chi connectivity index (χ4n) is 4.14. The lowest BCUT2D eigenvalue weighted by Crippen LogP contribution is -2.24. The molecule has 0 spiro atoms. The molecule has 0 aliphatic heterocycles. The van der Waals surface area contributed by atoms with Gasteiger partial charge in [0.05, 0.1) is 17.6 Å². The summed E-state index contributed by atoms with van der Waals surface area (Å²) < 4.78 is 8.35. The number of carbonyl (C=O) groups is 1. The van der Waals surface area contributed by atoms with E-state index in [4.69, 9.17) is 9.72 Å². The predicted molar refractivity (Wildman–Crippen MR) is 137 cm³/mol. The maximum Gasteiger partial charge on any atom is 0.251 e. The number of unbranched alkanes of at least 4 members (excludes halogenated alkanes) is 1. The molecule has 5 heteroatoms. The van der Waals surface area contributed by atoms with Gasteiger partial charge >= 0.3 is 0 Å². The molecule has 0 fully saturated rings. The van der Waals surface area contributed by atoms with Crippen LogP contribution in [-0.2, 0) is 13.0 Å². The molecular formula is C29H33N3O2. The molecule has 0 saturated heterocycles. The van der Waals surface area contributed by atoms with Crippen LogP contribution < -0.4 is 10.1 Å². The number of nitrogens with one attached hydrogen (secondary N) is 1. The van der Waals surface area contributed by atoms with Crippen LogP contribution in [-0.4, -0.2) is 28.6 Å². The minimum absolute atomic E-state index is 0.0297. The highest BCUT2D eigenvalue weighted by atomic mass is 16.5. The number of benzene rings is 3. The van der Waals surface area contributed by atoms with Gasteiger partial charge in [-0.2, -0.15) is 0 Å². The molecule has 1 heterocycles. The Bertz CT molecular complexity index is 1230. The molecule has 0 unspecified atom stereocenters. The summed E-state index contributed by atoms with van der Waals surface area (Å²) in [5, 5.41) is 3.01. The third-order valence-corrected chi connectivity index (χ3v) is 6.22. The number of imidazole rings is 1. The number of carbonyl (C=O) groups excluding carboxylic acids is 1. The van der Waals surface area contributed by atoms with Crippen LogP contribution in [0.15, 0.2) is 72.8 Å². The second kappa shape index (κ2) is 11.5. The maximum absolute atomic E-state index is 12.3. The number of aryl methyl sites for hydroxylation is 3. The molecule has 0 atom stereocenters. The molecular weight excluding hydrogens is 422 g/mol. The first-order chi connectivity index (χ1) is 16.6. The SMILES string of the molecule is Cc1cccc(OCCCCn2c(CCCNC(=O)c3ccccc3)nc3ccccc32)c1C. The van der Waals surface area contributed by atoms with Crippen LogP contribution in [0.2, 0.25) is 0 Å². The van der Waals surface area contributed by atoms with Gasteiger partial charge in [-0.3, -0.25) is 4.79 Å². The Kier molecular flexibility index (Phi) is 7.97. The Balaban J connectivity index is 1.30. The van der Waals surface area contributed by atoms with Crippen molar-refractivity contribution in [2.75, 3.05) is 13.2 Å². The first kappa shape index (κ1) is 23.6. The number of rotatable bonds is 11. The van der Waals surface area contributed by atoms with Crippen molar-refractivity contribution in [3.8, 4) is 5.75 Å². The van der Waals surface area contributed by atoms with Gasteiger partial charge in [0.15, 0.2) is 0 Å². The summed E-state index contributed by atoms with van der Waals surface area (Å²) in [6.45, 7) is 6.46. The fourth-order valence-corrected chi connectivity index (χ4v) is 4.14. The third kappa shape index (κ3) is 5.84. The van der Waals surface area contributed by atoms with Crippen molar-refractivity contribution in [2.24, 2.45) is 0 Å². The number of ether oxygens (including phenoxy) is 1. The monoisotopic (exact) mass is 455 g/mol. The molecule has 0 radical (unpaired) electrons. The standard InChI is InChI=1S/C29H33N3O2/c1-22-12-10-17-27(23(22)2)34-21-9-8-20-32-26-16-7-6-15-25(26)31-28(32)18-11-19-30-29(33)24-13-4-3-5-14-24/h3-7,10,12-17H,8-9,11,18-21H2,1-2H3,(H,30,33). The summed E-state index contributed by atoms with van der Waals surface area (Å²) in [6, 6.07) is 23.8. The quantitative estimate of drug-likeness (QED) is 0.288. The number of hydrogen-bond acceptors (Lipinski definition) is 3. The molecule has 34 heavy (non-hydrogen) atoms. The van der Waals surface area contributed by atoms with Crippen molar-refractivity contribution in [3.63, 3.8) is 0 Å². The van der Waals surface area contributed by atoms with E-state index in [1.165, 1.54) is 16.6 Å². The molecule has 1 amide bonds. The van der Waals surface area contributed by atoms with Crippen molar-refractivity contribution in [3.05, 3.63) is 95.3 Å². The van der Waals surface area contributed by atoms with Crippen LogP contribution in [0.3, 0.4) is 0 Å². The molecule has 1 N–H and O–H groups in total. The van der Waals surface area contributed by atoms with E-state index < -0.39 is 0 Å². The summed E-state index contributed by atoms with van der Waals surface area (Å²) in [4.78, 5) is 17.1. The van der Waals surface area contributed by atoms with Gasteiger partial charge in [-0.05, 0) is 74.6 Å². The van der Waals surface area contributed by atoms with E-state index >= 15 is 0 Å². The van der Waals surface area contributed by atoms with Gasteiger partial charge in [-0.15, -0.1) is 0 Å². The zero-order valence-electron chi connectivity index (χ0n) is 20.1. The molecule has 0 aliphatic carbocycles. The van der Waals surface area contributed by atoms with Gasteiger partial charge in [0, 0.05) is 25.1 Å². The number of amides is 1. The summed E-state index contributed by atoms with van der Waals surface area (Å²) in [7, 11) is 0. The number of fused-ring (bicyclic) bond motifs is 1. The van der Waals surface area contributed by atoms with Gasteiger partial charge in [0.1, 0.15) is 11.6 Å². The molecule has 5 nitrogen and oxygen atoms in total. The molecule has 176 valence electrons. The highest BCUT2D eigenvalue weighted by Crippen LogP contribution is 2.21. The Morgan fingerprint density at radius 2 is 1.71 bits per heavy atom. The molecule has 4 aromatic rings. The minimum Gasteiger partial charge on any atom is -0.493 e. The second-order valence-corrected chi connectivity index (χ2v) is 8.65. The van der Waals surface area contributed by atoms with Crippen molar-refractivity contribution < 1.29 is 9.53 Å². The van der Waals surface area contributed by atoms with E-state index in [0.717, 1.165) is 49.3 Å². The second-order valence-electron chi connectivity index (χ2n) is 8.65. The number of para-hydroxylation sites is 2. The molecule has 0 bridgehead atoms. The average molecular weight is 456 g/mol. The minimum atomic E-state index is -0.0297. The zero-order chi connectivity index (χ0) is 23.8. The van der Waals surface area contributed by atoms with Gasteiger partial charge in [-0.25, -0.2) is 4.98 Å². The fraction of sp³-hybridized carbons (Fsp3) is 0.310. The highest BCUT2D eigenvalue weighted by molar-refractivity contribution is 5.94. The van der Waals surface area contributed by atoms with E-state index in [1.807, 2.05) is 48.5 Å². The smallest absolute Gasteiger partial charge is 0.251 e. The predicted octanol–water partition coefficient (Wildman–Crippen LogP) is 5.87. The van der Waals surface area contributed by atoms with Crippen molar-refractivity contribution in [2.45, 2.75) is 46.1 Å². The van der Waals surface area contributed by atoms with Crippen molar-refractivity contribution in [1.29, 1.82) is 0 Å². The van der Waals surface area contributed by atoms with E-state index in [1.54, 1.807) is 0 Å². The highest BCUT2D eigenvalue weighted by Gasteiger charge is 2.11. The zero-order valence-corrected chi connectivity index (χ0v) is 20.1. The summed E-state index contributed by atoms with van der Waals surface area (Å²) in [5.74, 6) is 2.02. The lowest BCUT2D eigenvalue weighted by Gasteiger charge is -2.12. The summed E-state index contributed by atoms with van der Waals surface area (Å²) in [5.41, 5.74) is 5.35. The van der Waals surface area contributed by atoms with E-state index in [0.29, 0.717) is 18.7 Å². The van der Waals surface area contributed by atoms with E-state index in [2.05, 4.69) is 48.0 Å². The lowest BCUT2D eigenvalue weighted by molar-refractivity contribution is 0.0953. The maximum atomic E-state index is 12.3. The number of aromatic nitrogens is 2.